The summed E-state index contributed by atoms with van der Waals surface area (Å²) in [5.74, 6) is 0.317. The highest BCUT2D eigenvalue weighted by Gasteiger charge is 2.22. The third-order valence-corrected chi connectivity index (χ3v) is 2.75. The molecule has 1 rings (SSSR count). The average Bonchev–Trinajstić information content (AvgIpc) is 2.74. The van der Waals surface area contributed by atoms with Crippen LogP contribution in [0.15, 0.2) is 10.6 Å². The van der Waals surface area contributed by atoms with E-state index < -0.39 is 17.5 Å². The minimum atomic E-state index is -0.890. The molecule has 0 aliphatic carbocycles. The van der Waals surface area contributed by atoms with Gasteiger partial charge in [0.25, 0.3) is 0 Å². The van der Waals surface area contributed by atoms with Crippen LogP contribution in [-0.2, 0) is 4.79 Å². The van der Waals surface area contributed by atoms with Crippen LogP contribution in [0.5, 0.6) is 0 Å². The summed E-state index contributed by atoms with van der Waals surface area (Å²) in [4.78, 5) is 22.3. The summed E-state index contributed by atoms with van der Waals surface area (Å²) in [6.45, 7) is 7.44. The number of nitrogens with one attached hydrogen (secondary N) is 2. The Balaban J connectivity index is 2.51. The Hall–Kier alpha value is -2.05. The van der Waals surface area contributed by atoms with Gasteiger partial charge in [-0.1, -0.05) is 19.0 Å². The number of amides is 2. The number of urea groups is 1. The number of carboxylic acids is 1. The van der Waals surface area contributed by atoms with Crippen LogP contribution in [0, 0.1) is 0 Å². The van der Waals surface area contributed by atoms with Crippen LogP contribution in [-0.4, -0.2) is 27.8 Å². The maximum absolute atomic E-state index is 11.8. The molecular weight excluding hydrogens is 262 g/mol. The number of rotatable bonds is 6. The Morgan fingerprint density at radius 3 is 2.60 bits per heavy atom. The maximum atomic E-state index is 11.8. The summed E-state index contributed by atoms with van der Waals surface area (Å²) < 4.78 is 5.07. The van der Waals surface area contributed by atoms with Gasteiger partial charge < -0.3 is 14.9 Å². The van der Waals surface area contributed by atoms with Crippen molar-refractivity contribution in [2.45, 2.75) is 52.0 Å². The number of hydrogen-bond acceptors (Lipinski definition) is 4. The third-order valence-electron chi connectivity index (χ3n) is 2.75. The van der Waals surface area contributed by atoms with Gasteiger partial charge in [-0.3, -0.25) is 10.1 Å². The van der Waals surface area contributed by atoms with Gasteiger partial charge >= 0.3 is 12.0 Å². The second kappa shape index (κ2) is 6.40. The van der Waals surface area contributed by atoms with Gasteiger partial charge in [0, 0.05) is 23.9 Å². The largest absolute Gasteiger partial charge is 0.481 e. The van der Waals surface area contributed by atoms with E-state index in [0.717, 1.165) is 0 Å². The predicted octanol–water partition coefficient (Wildman–Crippen LogP) is 2.56. The molecule has 0 aliphatic heterocycles. The van der Waals surface area contributed by atoms with Gasteiger partial charge in [0.1, 0.15) is 5.76 Å². The smallest absolute Gasteiger partial charge is 0.320 e. The molecule has 0 atom stereocenters. The van der Waals surface area contributed by atoms with E-state index in [1.54, 1.807) is 19.9 Å². The molecule has 0 spiro atoms. The molecule has 0 aliphatic rings. The first-order valence-corrected chi connectivity index (χ1v) is 6.47. The van der Waals surface area contributed by atoms with Crippen molar-refractivity contribution in [2.24, 2.45) is 0 Å². The summed E-state index contributed by atoms with van der Waals surface area (Å²) in [6.07, 6.45) is 0.334. The zero-order chi connectivity index (χ0) is 15.3. The zero-order valence-corrected chi connectivity index (χ0v) is 12.2. The molecule has 2 amide bonds. The molecule has 20 heavy (non-hydrogen) atoms. The average molecular weight is 283 g/mol. The third kappa shape index (κ3) is 5.29. The Kier molecular flexibility index (Phi) is 5.12. The summed E-state index contributed by atoms with van der Waals surface area (Å²) in [5.41, 5.74) is -0.618. The molecule has 1 heterocycles. The first-order valence-electron chi connectivity index (χ1n) is 6.47. The lowest BCUT2D eigenvalue weighted by Crippen LogP contribution is -2.45. The van der Waals surface area contributed by atoms with E-state index in [1.807, 2.05) is 13.8 Å². The van der Waals surface area contributed by atoms with Crippen molar-refractivity contribution in [3.8, 4) is 0 Å². The van der Waals surface area contributed by atoms with Crippen molar-refractivity contribution >= 4 is 17.8 Å². The van der Waals surface area contributed by atoms with Crippen molar-refractivity contribution in [1.82, 2.24) is 10.5 Å². The van der Waals surface area contributed by atoms with Crippen molar-refractivity contribution in [3.05, 3.63) is 11.8 Å². The first kappa shape index (κ1) is 16.0. The number of aromatic nitrogens is 1. The van der Waals surface area contributed by atoms with Gasteiger partial charge in [-0.2, -0.15) is 0 Å². The Labute approximate surface area is 117 Å². The van der Waals surface area contributed by atoms with Crippen LogP contribution < -0.4 is 10.6 Å². The van der Waals surface area contributed by atoms with Crippen LogP contribution in [0.2, 0.25) is 0 Å². The number of hydrogen-bond donors (Lipinski definition) is 3. The predicted molar refractivity (Wildman–Crippen MR) is 73.7 cm³/mol. The van der Waals surface area contributed by atoms with Crippen LogP contribution in [0.25, 0.3) is 0 Å². The van der Waals surface area contributed by atoms with E-state index in [1.165, 1.54) is 0 Å². The summed E-state index contributed by atoms with van der Waals surface area (Å²) in [6, 6.07) is 1.22. The zero-order valence-electron chi connectivity index (χ0n) is 12.2. The molecule has 0 aromatic carbocycles. The molecule has 1 aromatic heterocycles. The molecule has 0 bridgehead atoms. The second-order valence-electron chi connectivity index (χ2n) is 5.63. The Bertz CT molecular complexity index is 480. The van der Waals surface area contributed by atoms with Gasteiger partial charge in [0.2, 0.25) is 0 Å². The highest BCUT2D eigenvalue weighted by atomic mass is 16.5. The van der Waals surface area contributed by atoms with E-state index in [9.17, 15) is 9.59 Å². The van der Waals surface area contributed by atoms with E-state index in [2.05, 4.69) is 15.8 Å². The second-order valence-corrected chi connectivity index (χ2v) is 5.63. The Morgan fingerprint density at radius 1 is 1.45 bits per heavy atom. The molecular formula is C13H21N3O4. The normalized spacial score (nSPS) is 11.4. The maximum Gasteiger partial charge on any atom is 0.320 e. The molecule has 1 aromatic rings. The van der Waals surface area contributed by atoms with Gasteiger partial charge in [-0.15, -0.1) is 0 Å². The summed E-state index contributed by atoms with van der Waals surface area (Å²) in [5, 5.41) is 17.7. The number of carbonyl (C=O) groups is 2. The van der Waals surface area contributed by atoms with Crippen molar-refractivity contribution in [3.63, 3.8) is 0 Å². The summed E-state index contributed by atoms with van der Waals surface area (Å²) in [7, 11) is 0. The molecule has 3 N–H and O–H groups in total. The molecule has 0 saturated carbocycles. The molecule has 0 unspecified atom stereocenters. The molecule has 0 radical (unpaired) electrons. The monoisotopic (exact) mass is 283 g/mol. The molecule has 0 saturated heterocycles. The van der Waals surface area contributed by atoms with Crippen molar-refractivity contribution in [2.75, 3.05) is 5.32 Å². The highest BCUT2D eigenvalue weighted by molar-refractivity contribution is 5.88. The summed E-state index contributed by atoms with van der Waals surface area (Å²) >= 11 is 0. The lowest BCUT2D eigenvalue weighted by molar-refractivity contribution is -0.137. The van der Waals surface area contributed by atoms with Crippen molar-refractivity contribution in [1.29, 1.82) is 0 Å². The molecule has 7 heteroatoms. The first-order chi connectivity index (χ1) is 9.19. The molecule has 7 nitrogen and oxygen atoms in total. The number of nitrogens with zero attached hydrogens (tertiary/aromatic N) is 1. The van der Waals surface area contributed by atoms with E-state index in [-0.39, 0.29) is 12.3 Å². The van der Waals surface area contributed by atoms with Crippen LogP contribution in [0.3, 0.4) is 0 Å². The number of anilines is 1. The van der Waals surface area contributed by atoms with Gasteiger partial charge in [-0.25, -0.2) is 4.79 Å². The van der Waals surface area contributed by atoms with Gasteiger partial charge in [0.15, 0.2) is 5.82 Å². The number of carboxylic acid groups (broad SMARTS) is 1. The van der Waals surface area contributed by atoms with Crippen LogP contribution in [0.1, 0.15) is 52.2 Å². The van der Waals surface area contributed by atoms with Crippen molar-refractivity contribution < 1.29 is 19.2 Å². The highest BCUT2D eigenvalue weighted by Crippen LogP contribution is 2.18. The molecule has 0 fully saturated rings. The minimum absolute atomic E-state index is 0.00522. The topological polar surface area (TPSA) is 104 Å². The number of carbonyl (C=O) groups excluding carboxylic acids is 1. The van der Waals surface area contributed by atoms with E-state index in [4.69, 9.17) is 9.63 Å². The van der Waals surface area contributed by atoms with Crippen LogP contribution >= 0.6 is 0 Å². The fraction of sp³-hybridized carbons (Fsp3) is 0.615. The number of aliphatic carboxylic acids is 1. The molecule has 112 valence electrons. The fourth-order valence-corrected chi connectivity index (χ4v) is 1.56. The SMILES string of the molecule is CC(C)c1cc(NC(=O)NC(C)(C)CCC(=O)O)no1. The Morgan fingerprint density at radius 2 is 2.10 bits per heavy atom. The fourth-order valence-electron chi connectivity index (χ4n) is 1.56. The lowest BCUT2D eigenvalue weighted by atomic mass is 9.99. The lowest BCUT2D eigenvalue weighted by Gasteiger charge is -2.25. The quantitative estimate of drug-likeness (QED) is 0.744. The minimum Gasteiger partial charge on any atom is -0.481 e. The van der Waals surface area contributed by atoms with E-state index >= 15 is 0 Å². The van der Waals surface area contributed by atoms with Gasteiger partial charge in [-0.05, 0) is 20.3 Å². The van der Waals surface area contributed by atoms with Gasteiger partial charge in [0.05, 0.1) is 0 Å². The van der Waals surface area contributed by atoms with E-state index in [0.29, 0.717) is 18.0 Å². The standard InChI is InChI=1S/C13H21N3O4/c1-8(2)9-7-10(16-20-9)14-12(19)15-13(3,4)6-5-11(17)18/h7-8H,5-6H2,1-4H3,(H,17,18)(H2,14,15,16,19). The van der Waals surface area contributed by atoms with Crippen LogP contribution in [0.4, 0.5) is 10.6 Å².